The number of benzene rings is 2. The van der Waals surface area contributed by atoms with Crippen molar-refractivity contribution >= 4 is 23.5 Å². The first-order valence-corrected chi connectivity index (χ1v) is 8.01. The van der Waals surface area contributed by atoms with Crippen LogP contribution in [0.4, 0.5) is 0 Å². The summed E-state index contributed by atoms with van der Waals surface area (Å²) in [6, 6.07) is 9.52. The molecule has 0 aliphatic carbocycles. The number of phenols is 1. The summed E-state index contributed by atoms with van der Waals surface area (Å²) in [6.45, 7) is 0.119. The Balaban J connectivity index is 2.11. The maximum Gasteiger partial charge on any atom is 0.189 e. The normalized spacial score (nSPS) is 10.9. The van der Waals surface area contributed by atoms with E-state index in [1.165, 1.54) is 32.4 Å². The molecule has 0 fully saturated rings. The number of ether oxygens (including phenoxy) is 4. The van der Waals surface area contributed by atoms with Crippen LogP contribution in [0.25, 0.3) is 6.08 Å². The molecule has 0 aromatic heterocycles. The first kappa shape index (κ1) is 19.8. The summed E-state index contributed by atoms with van der Waals surface area (Å²) >= 11 is 6.04. The second-order valence-corrected chi connectivity index (χ2v) is 5.58. The van der Waals surface area contributed by atoms with Crippen LogP contribution < -0.4 is 9.47 Å². The zero-order valence-corrected chi connectivity index (χ0v) is 15.2. The third-order valence-electron chi connectivity index (χ3n) is 3.29. The Kier molecular flexibility index (Phi) is 7.47. The quantitative estimate of drug-likeness (QED) is 0.405. The zero-order valence-electron chi connectivity index (χ0n) is 14.4. The Morgan fingerprint density at radius 3 is 2.50 bits per heavy atom. The van der Waals surface area contributed by atoms with Crippen molar-refractivity contribution in [2.24, 2.45) is 0 Å². The Morgan fingerprint density at radius 2 is 1.81 bits per heavy atom. The van der Waals surface area contributed by atoms with Crippen LogP contribution >= 0.6 is 11.6 Å². The Hall–Kier alpha value is -2.54. The molecule has 2 aromatic carbocycles. The number of hydrogen-bond donors (Lipinski definition) is 1. The van der Waals surface area contributed by atoms with Gasteiger partial charge in [-0.2, -0.15) is 0 Å². The van der Waals surface area contributed by atoms with Crippen LogP contribution in [0.5, 0.6) is 17.2 Å². The van der Waals surface area contributed by atoms with Gasteiger partial charge in [-0.15, -0.1) is 0 Å². The van der Waals surface area contributed by atoms with Gasteiger partial charge in [0.2, 0.25) is 0 Å². The number of phenolic OH excluding ortho intramolecular Hbond substituents is 1. The van der Waals surface area contributed by atoms with Gasteiger partial charge < -0.3 is 24.1 Å². The van der Waals surface area contributed by atoms with Crippen LogP contribution in [0.3, 0.4) is 0 Å². The average Bonchev–Trinajstić information content (AvgIpc) is 2.64. The molecule has 2 aromatic rings. The number of aromatic hydroxyl groups is 1. The summed E-state index contributed by atoms with van der Waals surface area (Å²) in [5.74, 6) is 0.330. The maximum atomic E-state index is 12.3. The molecule has 2 rings (SSSR count). The topological polar surface area (TPSA) is 74.2 Å². The number of methoxy groups -OCH3 is 2. The molecule has 0 aliphatic heterocycles. The van der Waals surface area contributed by atoms with Gasteiger partial charge in [0, 0.05) is 20.3 Å². The van der Waals surface area contributed by atoms with E-state index >= 15 is 0 Å². The van der Waals surface area contributed by atoms with Crippen LogP contribution in [0.2, 0.25) is 5.02 Å². The second kappa shape index (κ2) is 9.82. The van der Waals surface area contributed by atoms with Crippen molar-refractivity contribution in [1.29, 1.82) is 0 Å². The molecule has 138 valence electrons. The number of ketones is 1. The number of halogens is 1. The molecule has 7 heteroatoms. The highest BCUT2D eigenvalue weighted by molar-refractivity contribution is 6.32. The summed E-state index contributed by atoms with van der Waals surface area (Å²) in [6.07, 6.45) is 2.96. The van der Waals surface area contributed by atoms with E-state index in [2.05, 4.69) is 0 Å². The molecule has 0 heterocycles. The lowest BCUT2D eigenvalue weighted by atomic mass is 10.1. The summed E-state index contributed by atoms with van der Waals surface area (Å²) in [7, 11) is 3.00. The maximum absolute atomic E-state index is 12.3. The van der Waals surface area contributed by atoms with Crippen molar-refractivity contribution in [3.63, 3.8) is 0 Å². The SMILES string of the molecule is COCOc1ccc(C(=O)/C=C/c2ccc(Cl)c(OCOC)c2)c(O)c1. The van der Waals surface area contributed by atoms with Gasteiger partial charge in [-0.1, -0.05) is 23.7 Å². The van der Waals surface area contributed by atoms with Crippen LogP contribution in [-0.2, 0) is 9.47 Å². The first-order valence-electron chi connectivity index (χ1n) is 7.63. The second-order valence-electron chi connectivity index (χ2n) is 5.17. The molecule has 0 unspecified atom stereocenters. The molecule has 0 amide bonds. The van der Waals surface area contributed by atoms with Gasteiger partial charge in [0.1, 0.15) is 17.2 Å². The number of hydrogen-bond acceptors (Lipinski definition) is 6. The fourth-order valence-corrected chi connectivity index (χ4v) is 2.23. The molecular formula is C19H19ClO6. The minimum atomic E-state index is -0.352. The number of carbonyl (C=O) groups excluding carboxylic acids is 1. The highest BCUT2D eigenvalue weighted by Crippen LogP contribution is 2.27. The highest BCUT2D eigenvalue weighted by atomic mass is 35.5. The predicted octanol–water partition coefficient (Wildman–Crippen LogP) is 3.91. The van der Waals surface area contributed by atoms with Gasteiger partial charge >= 0.3 is 0 Å². The van der Waals surface area contributed by atoms with Gasteiger partial charge in [0.25, 0.3) is 0 Å². The van der Waals surface area contributed by atoms with E-state index in [4.69, 9.17) is 30.5 Å². The number of rotatable bonds is 9. The smallest absolute Gasteiger partial charge is 0.189 e. The summed E-state index contributed by atoms with van der Waals surface area (Å²) in [5.41, 5.74) is 0.879. The van der Waals surface area contributed by atoms with Crippen molar-refractivity contribution in [1.82, 2.24) is 0 Å². The molecular weight excluding hydrogens is 360 g/mol. The van der Waals surface area contributed by atoms with E-state index in [1.54, 1.807) is 30.3 Å². The molecule has 0 spiro atoms. The van der Waals surface area contributed by atoms with Crippen molar-refractivity contribution < 1.29 is 28.8 Å². The fraction of sp³-hybridized carbons (Fsp3) is 0.211. The minimum Gasteiger partial charge on any atom is -0.507 e. The van der Waals surface area contributed by atoms with E-state index < -0.39 is 0 Å². The lowest BCUT2D eigenvalue weighted by Crippen LogP contribution is -2.00. The Morgan fingerprint density at radius 1 is 1.08 bits per heavy atom. The van der Waals surface area contributed by atoms with E-state index in [-0.39, 0.29) is 30.7 Å². The fourth-order valence-electron chi connectivity index (χ4n) is 2.05. The molecule has 1 N–H and O–H groups in total. The first-order chi connectivity index (χ1) is 12.5. The third-order valence-corrected chi connectivity index (χ3v) is 3.61. The molecule has 6 nitrogen and oxygen atoms in total. The van der Waals surface area contributed by atoms with Crippen LogP contribution in [0.15, 0.2) is 42.5 Å². The summed E-state index contributed by atoms with van der Waals surface area (Å²) in [5, 5.41) is 10.4. The largest absolute Gasteiger partial charge is 0.507 e. The average molecular weight is 379 g/mol. The molecule has 26 heavy (non-hydrogen) atoms. The predicted molar refractivity (Wildman–Crippen MR) is 97.9 cm³/mol. The monoisotopic (exact) mass is 378 g/mol. The van der Waals surface area contributed by atoms with Crippen LogP contribution in [-0.4, -0.2) is 38.7 Å². The molecule has 0 radical (unpaired) electrons. The summed E-state index contributed by atoms with van der Waals surface area (Å²) in [4.78, 5) is 12.3. The van der Waals surface area contributed by atoms with Gasteiger partial charge in [0.15, 0.2) is 19.4 Å². The third kappa shape index (κ3) is 5.49. The van der Waals surface area contributed by atoms with Gasteiger partial charge in [-0.3, -0.25) is 4.79 Å². The van der Waals surface area contributed by atoms with E-state index in [0.29, 0.717) is 22.1 Å². The lowest BCUT2D eigenvalue weighted by molar-refractivity contribution is 0.0509. The lowest BCUT2D eigenvalue weighted by Gasteiger charge is -2.08. The zero-order chi connectivity index (χ0) is 18.9. The van der Waals surface area contributed by atoms with Crippen molar-refractivity contribution in [2.45, 2.75) is 0 Å². The van der Waals surface area contributed by atoms with Crippen molar-refractivity contribution in [2.75, 3.05) is 27.8 Å². The molecule has 0 atom stereocenters. The van der Waals surface area contributed by atoms with E-state index in [0.717, 1.165) is 0 Å². The van der Waals surface area contributed by atoms with Crippen LogP contribution in [0.1, 0.15) is 15.9 Å². The minimum absolute atomic E-state index is 0.0523. The number of carbonyl (C=O) groups is 1. The molecule has 0 saturated heterocycles. The van der Waals surface area contributed by atoms with Gasteiger partial charge in [-0.25, -0.2) is 0 Å². The number of allylic oxidation sites excluding steroid dienone is 1. The standard InChI is InChI=1S/C19H19ClO6/c1-23-11-25-14-5-6-15(18(22)10-14)17(21)8-4-13-3-7-16(20)19(9-13)26-12-24-2/h3-10,22H,11-12H2,1-2H3/b8-4+. The van der Waals surface area contributed by atoms with E-state index in [9.17, 15) is 9.90 Å². The van der Waals surface area contributed by atoms with Crippen LogP contribution in [0, 0.1) is 0 Å². The van der Waals surface area contributed by atoms with Gasteiger partial charge in [0.05, 0.1) is 10.6 Å². The Bertz CT molecular complexity index is 788. The molecule has 0 bridgehead atoms. The Labute approximate surface area is 156 Å². The van der Waals surface area contributed by atoms with Crippen molar-refractivity contribution in [3.8, 4) is 17.2 Å². The summed E-state index contributed by atoms with van der Waals surface area (Å²) < 4.78 is 20.2. The van der Waals surface area contributed by atoms with Gasteiger partial charge in [-0.05, 0) is 35.9 Å². The van der Waals surface area contributed by atoms with Crippen molar-refractivity contribution in [3.05, 3.63) is 58.6 Å². The highest BCUT2D eigenvalue weighted by Gasteiger charge is 2.10. The molecule has 0 aliphatic rings. The molecule has 0 saturated carbocycles. The van der Waals surface area contributed by atoms with E-state index in [1.807, 2.05) is 0 Å².